The maximum absolute atomic E-state index is 5.31. The summed E-state index contributed by atoms with van der Waals surface area (Å²) in [5, 5.41) is 13.3. The molecule has 0 unspecified atom stereocenters. The van der Waals surface area contributed by atoms with E-state index < -0.39 is 0 Å². The molecule has 24 heavy (non-hydrogen) atoms. The third-order valence-corrected chi connectivity index (χ3v) is 3.22. The summed E-state index contributed by atoms with van der Waals surface area (Å²) in [6.07, 6.45) is 1.73. The number of aliphatic imine (C=N–C) groups is 1. The molecule has 8 heteroatoms. The van der Waals surface area contributed by atoms with Crippen LogP contribution in [-0.4, -0.2) is 36.9 Å². The largest absolute Gasteiger partial charge is 0.493 e. The van der Waals surface area contributed by atoms with Gasteiger partial charge in [0.15, 0.2) is 17.5 Å². The van der Waals surface area contributed by atoms with Crippen LogP contribution < -0.4 is 20.1 Å². The van der Waals surface area contributed by atoms with Crippen LogP contribution in [0.2, 0.25) is 0 Å². The van der Waals surface area contributed by atoms with Gasteiger partial charge < -0.3 is 20.1 Å². The number of hydrogen-bond donors (Lipinski definition) is 3. The van der Waals surface area contributed by atoms with Crippen LogP contribution in [0.25, 0.3) is 0 Å². The van der Waals surface area contributed by atoms with Crippen molar-refractivity contribution >= 4 is 29.9 Å². The van der Waals surface area contributed by atoms with E-state index in [0.29, 0.717) is 24.6 Å². The topological polar surface area (TPSA) is 83.6 Å². The lowest BCUT2D eigenvalue weighted by atomic mass is 10.2. The molecule has 0 bridgehead atoms. The van der Waals surface area contributed by atoms with Crippen molar-refractivity contribution in [1.29, 1.82) is 0 Å². The highest BCUT2D eigenvalue weighted by Gasteiger charge is 2.05. The standard InChI is InChI=1S/C16H23N5O2.HI/c1-4-17-16(19-11-13-7-8-20-21-13)18-10-12-5-6-14(22-2)15(9-12)23-3;/h5-9H,4,10-11H2,1-3H3,(H,20,21)(H2,17,18,19);1H. The Morgan fingerprint density at radius 2 is 1.96 bits per heavy atom. The summed E-state index contributed by atoms with van der Waals surface area (Å²) in [6, 6.07) is 7.71. The fourth-order valence-electron chi connectivity index (χ4n) is 2.05. The second-order valence-electron chi connectivity index (χ2n) is 4.82. The quantitative estimate of drug-likeness (QED) is 0.346. The predicted molar refractivity (Wildman–Crippen MR) is 105 cm³/mol. The first kappa shape index (κ1) is 20.1. The summed E-state index contributed by atoms with van der Waals surface area (Å²) in [4.78, 5) is 4.58. The van der Waals surface area contributed by atoms with Crippen molar-refractivity contribution in [2.75, 3.05) is 20.8 Å². The molecule has 7 nitrogen and oxygen atoms in total. The third-order valence-electron chi connectivity index (χ3n) is 3.22. The lowest BCUT2D eigenvalue weighted by Crippen LogP contribution is -2.36. The van der Waals surface area contributed by atoms with Gasteiger partial charge in [0.25, 0.3) is 0 Å². The van der Waals surface area contributed by atoms with E-state index in [-0.39, 0.29) is 24.0 Å². The molecular formula is C16H24IN5O2. The SMILES string of the molecule is CCNC(=NCc1ccc(OC)c(OC)c1)NCc1ccn[nH]1.I. The number of guanidine groups is 1. The van der Waals surface area contributed by atoms with Crippen LogP contribution in [0.3, 0.4) is 0 Å². The molecule has 0 saturated heterocycles. The Labute approximate surface area is 159 Å². The van der Waals surface area contributed by atoms with Crippen LogP contribution in [0.4, 0.5) is 0 Å². The summed E-state index contributed by atoms with van der Waals surface area (Å²) in [6.45, 7) is 4.00. The molecule has 0 radical (unpaired) electrons. The molecule has 132 valence electrons. The van der Waals surface area contributed by atoms with Gasteiger partial charge >= 0.3 is 0 Å². The molecule has 1 aromatic carbocycles. The van der Waals surface area contributed by atoms with Crippen molar-refractivity contribution in [2.24, 2.45) is 4.99 Å². The van der Waals surface area contributed by atoms with Crippen molar-refractivity contribution in [3.8, 4) is 11.5 Å². The van der Waals surface area contributed by atoms with E-state index in [0.717, 1.165) is 23.8 Å². The van der Waals surface area contributed by atoms with Gasteiger partial charge in [-0.1, -0.05) is 6.07 Å². The fraction of sp³-hybridized carbons (Fsp3) is 0.375. The molecule has 1 heterocycles. The lowest BCUT2D eigenvalue weighted by Gasteiger charge is -2.11. The molecule has 0 aliphatic carbocycles. The molecule has 0 aliphatic heterocycles. The van der Waals surface area contributed by atoms with Crippen molar-refractivity contribution in [3.05, 3.63) is 41.7 Å². The number of aromatic nitrogens is 2. The zero-order valence-corrected chi connectivity index (χ0v) is 16.5. The van der Waals surface area contributed by atoms with Crippen LogP contribution in [0.15, 0.2) is 35.5 Å². The zero-order chi connectivity index (χ0) is 16.5. The van der Waals surface area contributed by atoms with Crippen molar-refractivity contribution in [1.82, 2.24) is 20.8 Å². The Morgan fingerprint density at radius 3 is 2.58 bits per heavy atom. The normalized spacial score (nSPS) is 10.7. The smallest absolute Gasteiger partial charge is 0.191 e. The van der Waals surface area contributed by atoms with Gasteiger partial charge in [0, 0.05) is 12.7 Å². The number of halogens is 1. The molecule has 0 amide bonds. The predicted octanol–water partition coefficient (Wildman–Crippen LogP) is 2.30. The van der Waals surface area contributed by atoms with Gasteiger partial charge in [-0.05, 0) is 30.7 Å². The first-order valence-corrected chi connectivity index (χ1v) is 7.48. The fourth-order valence-corrected chi connectivity index (χ4v) is 2.05. The maximum Gasteiger partial charge on any atom is 0.191 e. The lowest BCUT2D eigenvalue weighted by molar-refractivity contribution is 0.354. The van der Waals surface area contributed by atoms with E-state index in [1.807, 2.05) is 31.2 Å². The van der Waals surface area contributed by atoms with E-state index in [4.69, 9.17) is 9.47 Å². The van der Waals surface area contributed by atoms with Gasteiger partial charge in [-0.15, -0.1) is 24.0 Å². The second kappa shape index (κ2) is 10.7. The summed E-state index contributed by atoms with van der Waals surface area (Å²) in [5.41, 5.74) is 2.04. The van der Waals surface area contributed by atoms with Gasteiger partial charge in [-0.3, -0.25) is 5.10 Å². The average molecular weight is 445 g/mol. The number of benzene rings is 1. The Morgan fingerprint density at radius 1 is 1.17 bits per heavy atom. The molecule has 3 N–H and O–H groups in total. The Kier molecular flexibility index (Phi) is 8.98. The van der Waals surface area contributed by atoms with Crippen LogP contribution in [0, 0.1) is 0 Å². The molecular weight excluding hydrogens is 421 g/mol. The highest BCUT2D eigenvalue weighted by Crippen LogP contribution is 2.27. The van der Waals surface area contributed by atoms with Gasteiger partial charge in [0.1, 0.15) is 0 Å². The van der Waals surface area contributed by atoms with E-state index in [9.17, 15) is 0 Å². The first-order valence-electron chi connectivity index (χ1n) is 7.48. The third kappa shape index (κ3) is 5.91. The number of hydrogen-bond acceptors (Lipinski definition) is 4. The average Bonchev–Trinajstić information content (AvgIpc) is 3.10. The molecule has 0 fully saturated rings. The van der Waals surface area contributed by atoms with Gasteiger partial charge in [-0.25, -0.2) is 4.99 Å². The minimum absolute atomic E-state index is 0. The molecule has 0 aliphatic rings. The summed E-state index contributed by atoms with van der Waals surface area (Å²) >= 11 is 0. The number of rotatable bonds is 7. The highest BCUT2D eigenvalue weighted by atomic mass is 127. The maximum atomic E-state index is 5.31. The van der Waals surface area contributed by atoms with Crippen molar-refractivity contribution in [2.45, 2.75) is 20.0 Å². The number of aromatic amines is 1. The number of ether oxygens (including phenoxy) is 2. The van der Waals surface area contributed by atoms with Crippen LogP contribution >= 0.6 is 24.0 Å². The van der Waals surface area contributed by atoms with E-state index in [1.54, 1.807) is 20.4 Å². The minimum atomic E-state index is 0. The van der Waals surface area contributed by atoms with E-state index in [1.165, 1.54) is 0 Å². The molecule has 0 spiro atoms. The molecule has 1 aromatic heterocycles. The zero-order valence-electron chi connectivity index (χ0n) is 14.1. The van der Waals surface area contributed by atoms with E-state index >= 15 is 0 Å². The molecule has 0 atom stereocenters. The number of methoxy groups -OCH3 is 2. The highest BCUT2D eigenvalue weighted by molar-refractivity contribution is 14.0. The van der Waals surface area contributed by atoms with Crippen LogP contribution in [0.1, 0.15) is 18.2 Å². The molecule has 2 rings (SSSR count). The van der Waals surface area contributed by atoms with Crippen molar-refractivity contribution in [3.63, 3.8) is 0 Å². The van der Waals surface area contributed by atoms with E-state index in [2.05, 4.69) is 25.8 Å². The van der Waals surface area contributed by atoms with Crippen LogP contribution in [-0.2, 0) is 13.1 Å². The molecule has 0 saturated carbocycles. The Balaban J connectivity index is 0.00000288. The Bertz CT molecular complexity index is 631. The number of nitrogens with zero attached hydrogens (tertiary/aromatic N) is 2. The van der Waals surface area contributed by atoms with Gasteiger partial charge in [-0.2, -0.15) is 5.10 Å². The van der Waals surface area contributed by atoms with Crippen LogP contribution in [0.5, 0.6) is 11.5 Å². The second-order valence-corrected chi connectivity index (χ2v) is 4.82. The Hall–Kier alpha value is -1.97. The first-order chi connectivity index (χ1) is 11.3. The molecule has 2 aromatic rings. The number of H-pyrrole nitrogens is 1. The summed E-state index contributed by atoms with van der Waals surface area (Å²) in [7, 11) is 3.25. The number of nitrogens with one attached hydrogen (secondary N) is 3. The summed E-state index contributed by atoms with van der Waals surface area (Å²) < 4.78 is 10.6. The van der Waals surface area contributed by atoms with Gasteiger partial charge in [0.2, 0.25) is 0 Å². The minimum Gasteiger partial charge on any atom is -0.493 e. The summed E-state index contributed by atoms with van der Waals surface area (Å²) in [5.74, 6) is 2.16. The monoisotopic (exact) mass is 445 g/mol. The van der Waals surface area contributed by atoms with Gasteiger partial charge in [0.05, 0.1) is 33.0 Å². The van der Waals surface area contributed by atoms with Crippen molar-refractivity contribution < 1.29 is 9.47 Å².